The predicted molar refractivity (Wildman–Crippen MR) is 130 cm³/mol. The zero-order valence-electron chi connectivity index (χ0n) is 19.6. The number of hydrogen-bond donors (Lipinski definition) is 0. The van der Waals surface area contributed by atoms with Crippen LogP contribution in [0.1, 0.15) is 54.8 Å². The fraction of sp³-hybridized carbons (Fsp3) is 0.560. The Morgan fingerprint density at radius 2 is 1.76 bits per heavy atom. The van der Waals surface area contributed by atoms with Gasteiger partial charge in [0.2, 0.25) is 16.0 Å². The zero-order chi connectivity index (χ0) is 23.3. The number of pyridine rings is 1. The van der Waals surface area contributed by atoms with Crippen molar-refractivity contribution in [3.05, 3.63) is 47.6 Å². The average molecular weight is 482 g/mol. The molecule has 180 valence electrons. The van der Waals surface area contributed by atoms with Crippen LogP contribution in [-0.2, 0) is 16.4 Å². The van der Waals surface area contributed by atoms with Gasteiger partial charge < -0.3 is 9.64 Å². The van der Waals surface area contributed by atoms with Crippen LogP contribution in [0, 0.1) is 5.92 Å². The highest BCUT2D eigenvalue weighted by molar-refractivity contribution is 7.88. The number of anilines is 1. The van der Waals surface area contributed by atoms with Crippen molar-refractivity contribution in [1.82, 2.24) is 19.3 Å². The smallest absolute Gasteiger partial charge is 0.225 e. The molecule has 0 amide bonds. The van der Waals surface area contributed by atoms with E-state index < -0.39 is 10.0 Å². The van der Waals surface area contributed by atoms with Crippen LogP contribution in [0.25, 0.3) is 5.57 Å². The molecular weight excluding hydrogens is 450 g/mol. The number of piperidine rings is 1. The van der Waals surface area contributed by atoms with E-state index in [1.807, 2.05) is 24.7 Å². The van der Waals surface area contributed by atoms with Crippen LogP contribution in [0.4, 0.5) is 5.95 Å². The quantitative estimate of drug-likeness (QED) is 0.649. The molecule has 2 aromatic heterocycles. The van der Waals surface area contributed by atoms with Crippen molar-refractivity contribution < 1.29 is 13.2 Å². The molecule has 0 spiro atoms. The number of nitrogens with zero attached hydrogens (tertiary/aromatic N) is 5. The van der Waals surface area contributed by atoms with Gasteiger partial charge in [0, 0.05) is 50.6 Å². The van der Waals surface area contributed by atoms with Gasteiger partial charge in [0.05, 0.1) is 18.1 Å². The second-order valence-electron chi connectivity index (χ2n) is 10.1. The minimum absolute atomic E-state index is 0.188. The van der Waals surface area contributed by atoms with Crippen LogP contribution in [0.5, 0.6) is 5.75 Å². The van der Waals surface area contributed by atoms with E-state index in [4.69, 9.17) is 4.74 Å². The molecule has 3 aliphatic heterocycles. The third-order valence-electron chi connectivity index (χ3n) is 7.67. The summed E-state index contributed by atoms with van der Waals surface area (Å²) in [5, 5.41) is 0. The molecule has 1 unspecified atom stereocenters. The first kappa shape index (κ1) is 22.0. The van der Waals surface area contributed by atoms with Crippen LogP contribution in [0.3, 0.4) is 0 Å². The summed E-state index contributed by atoms with van der Waals surface area (Å²) in [6.45, 7) is 2.83. The summed E-state index contributed by atoms with van der Waals surface area (Å²) >= 11 is 0. The summed E-state index contributed by atoms with van der Waals surface area (Å²) in [4.78, 5) is 16.2. The fourth-order valence-electron chi connectivity index (χ4n) is 5.39. The normalized spacial score (nSPS) is 24.0. The Hall–Kier alpha value is -2.52. The molecule has 1 atom stereocenters. The Bertz CT molecular complexity index is 1200. The van der Waals surface area contributed by atoms with E-state index in [9.17, 15) is 8.42 Å². The van der Waals surface area contributed by atoms with Crippen molar-refractivity contribution >= 4 is 21.5 Å². The summed E-state index contributed by atoms with van der Waals surface area (Å²) in [6, 6.07) is 2.14. The average Bonchev–Trinajstić information content (AvgIpc) is 3.62. The van der Waals surface area contributed by atoms with Gasteiger partial charge >= 0.3 is 0 Å². The second-order valence-corrected chi connectivity index (χ2v) is 12.0. The van der Waals surface area contributed by atoms with E-state index in [0.29, 0.717) is 31.3 Å². The molecular formula is C25H31N5O3S. The SMILES string of the molecule is CS(=O)(=O)N1CC=C(c2cc3c(cn2)OC(C2CCN(c4ncc(C5CC5)cn4)CC2)C3)CC1. The minimum Gasteiger partial charge on any atom is -0.488 e. The maximum atomic E-state index is 11.8. The third kappa shape index (κ3) is 4.43. The number of hydrogen-bond acceptors (Lipinski definition) is 7. The Balaban J connectivity index is 1.06. The molecule has 0 radical (unpaired) electrons. The minimum atomic E-state index is -3.15. The lowest BCUT2D eigenvalue weighted by Crippen LogP contribution is -2.40. The Morgan fingerprint density at radius 3 is 2.41 bits per heavy atom. The monoisotopic (exact) mass is 481 g/mol. The van der Waals surface area contributed by atoms with E-state index in [2.05, 4.69) is 25.9 Å². The van der Waals surface area contributed by atoms with E-state index >= 15 is 0 Å². The highest BCUT2D eigenvalue weighted by atomic mass is 32.2. The van der Waals surface area contributed by atoms with Crippen molar-refractivity contribution in [2.75, 3.05) is 37.3 Å². The molecule has 0 bridgehead atoms. The molecule has 1 saturated carbocycles. The maximum absolute atomic E-state index is 11.8. The van der Waals surface area contributed by atoms with Gasteiger partial charge in [-0.25, -0.2) is 18.4 Å². The molecule has 2 fully saturated rings. The van der Waals surface area contributed by atoms with Crippen molar-refractivity contribution in [2.24, 2.45) is 5.92 Å². The molecule has 8 nitrogen and oxygen atoms in total. The van der Waals surface area contributed by atoms with E-state index in [0.717, 1.165) is 55.3 Å². The van der Waals surface area contributed by atoms with Crippen LogP contribution >= 0.6 is 0 Å². The summed E-state index contributed by atoms with van der Waals surface area (Å²) < 4.78 is 31.4. The zero-order valence-corrected chi connectivity index (χ0v) is 20.4. The maximum Gasteiger partial charge on any atom is 0.225 e. The van der Waals surface area contributed by atoms with E-state index in [1.165, 1.54) is 34.5 Å². The van der Waals surface area contributed by atoms with Crippen molar-refractivity contribution in [2.45, 2.75) is 50.5 Å². The van der Waals surface area contributed by atoms with Crippen LogP contribution in [-0.4, -0.2) is 66.2 Å². The molecule has 0 aromatic carbocycles. The molecule has 5 heterocycles. The first-order chi connectivity index (χ1) is 16.4. The Kier molecular flexibility index (Phi) is 5.56. The molecule has 2 aromatic rings. The largest absolute Gasteiger partial charge is 0.488 e. The molecule has 0 N–H and O–H groups in total. The van der Waals surface area contributed by atoms with Gasteiger partial charge in [-0.1, -0.05) is 6.08 Å². The van der Waals surface area contributed by atoms with Gasteiger partial charge in [-0.3, -0.25) is 4.98 Å². The van der Waals surface area contributed by atoms with Gasteiger partial charge in [-0.15, -0.1) is 0 Å². The standard InChI is InChI=1S/C25H31N5O3S/c1-34(31,32)30-10-6-18(7-11-30)22-12-20-13-23(33-24(20)16-26-22)19-4-8-29(9-5-19)25-27-14-21(15-28-25)17-2-3-17/h6,12,14-17,19,23H,2-5,7-11,13H2,1H3. The van der Waals surface area contributed by atoms with E-state index in [-0.39, 0.29) is 6.10 Å². The summed E-state index contributed by atoms with van der Waals surface area (Å²) in [7, 11) is -3.15. The number of fused-ring (bicyclic) bond motifs is 1. The van der Waals surface area contributed by atoms with Gasteiger partial charge in [0.25, 0.3) is 0 Å². The summed E-state index contributed by atoms with van der Waals surface area (Å²) in [5.41, 5.74) is 4.55. The van der Waals surface area contributed by atoms with Crippen molar-refractivity contribution in [3.63, 3.8) is 0 Å². The lowest BCUT2D eigenvalue weighted by Gasteiger charge is -2.34. The fourth-order valence-corrected chi connectivity index (χ4v) is 6.16. The third-order valence-corrected chi connectivity index (χ3v) is 8.94. The second kappa shape index (κ2) is 8.61. The molecule has 34 heavy (non-hydrogen) atoms. The number of ether oxygens (including phenoxy) is 1. The lowest BCUT2D eigenvalue weighted by atomic mass is 9.89. The summed E-state index contributed by atoms with van der Waals surface area (Å²) in [5.74, 6) is 2.94. The summed E-state index contributed by atoms with van der Waals surface area (Å²) in [6.07, 6.45) is 15.6. The number of aromatic nitrogens is 3. The Morgan fingerprint density at radius 1 is 1.00 bits per heavy atom. The van der Waals surface area contributed by atoms with Crippen LogP contribution in [0.2, 0.25) is 0 Å². The highest BCUT2D eigenvalue weighted by Gasteiger charge is 2.34. The highest BCUT2D eigenvalue weighted by Crippen LogP contribution is 2.40. The Labute approximate surface area is 201 Å². The molecule has 1 saturated heterocycles. The first-order valence-electron chi connectivity index (χ1n) is 12.3. The number of rotatable bonds is 5. The molecule has 4 aliphatic rings. The predicted octanol–water partition coefficient (Wildman–Crippen LogP) is 3.02. The van der Waals surface area contributed by atoms with Gasteiger partial charge in [-0.05, 0) is 61.1 Å². The van der Waals surface area contributed by atoms with E-state index in [1.54, 1.807) is 0 Å². The van der Waals surface area contributed by atoms with Gasteiger partial charge in [0.15, 0.2) is 0 Å². The molecule has 1 aliphatic carbocycles. The lowest BCUT2D eigenvalue weighted by molar-refractivity contribution is 0.138. The number of sulfonamides is 1. The topological polar surface area (TPSA) is 88.5 Å². The van der Waals surface area contributed by atoms with Crippen LogP contribution in [0.15, 0.2) is 30.7 Å². The van der Waals surface area contributed by atoms with Gasteiger partial charge in [0.1, 0.15) is 11.9 Å². The van der Waals surface area contributed by atoms with Crippen molar-refractivity contribution in [3.8, 4) is 5.75 Å². The molecule has 9 heteroatoms. The van der Waals surface area contributed by atoms with Crippen LogP contribution < -0.4 is 9.64 Å². The molecule has 6 rings (SSSR count). The first-order valence-corrected chi connectivity index (χ1v) is 14.2. The van der Waals surface area contributed by atoms with Crippen molar-refractivity contribution in [1.29, 1.82) is 0 Å². The van der Waals surface area contributed by atoms with Gasteiger partial charge in [-0.2, -0.15) is 4.31 Å².